The number of carbonyl (C=O) groups excluding carboxylic acids is 1. The molecule has 2 aromatic heterocycles. The predicted molar refractivity (Wildman–Crippen MR) is 66.1 cm³/mol. The van der Waals surface area contributed by atoms with E-state index >= 15 is 0 Å². The summed E-state index contributed by atoms with van der Waals surface area (Å²) in [7, 11) is 0. The smallest absolute Gasteiger partial charge is 0.220 e. The molecule has 6 nitrogen and oxygen atoms in total. The fourth-order valence-electron chi connectivity index (χ4n) is 3.03. The Bertz CT molecular complexity index is 606. The van der Waals surface area contributed by atoms with Crippen LogP contribution in [0.25, 0.3) is 11.0 Å². The van der Waals surface area contributed by atoms with Gasteiger partial charge in [0.2, 0.25) is 5.91 Å². The molecule has 2 aliphatic rings. The summed E-state index contributed by atoms with van der Waals surface area (Å²) in [6.45, 7) is 1.73. The molecule has 0 aromatic carbocycles. The van der Waals surface area contributed by atoms with Crippen LogP contribution in [0.3, 0.4) is 0 Å². The number of nitrogens with zero attached hydrogens (tertiary/aromatic N) is 3. The van der Waals surface area contributed by atoms with Gasteiger partial charge in [0.05, 0.1) is 11.4 Å². The van der Waals surface area contributed by atoms with Crippen LogP contribution in [0.15, 0.2) is 18.6 Å². The molecule has 0 saturated carbocycles. The molecule has 0 aliphatic carbocycles. The lowest BCUT2D eigenvalue weighted by atomic mass is 10.1. The zero-order valence-corrected chi connectivity index (χ0v) is 9.76. The molecular weight excluding hydrogens is 230 g/mol. The van der Waals surface area contributed by atoms with Crippen LogP contribution in [0.1, 0.15) is 6.42 Å². The summed E-state index contributed by atoms with van der Waals surface area (Å²) in [5.41, 5.74) is 0.862. The Labute approximate surface area is 103 Å². The van der Waals surface area contributed by atoms with Gasteiger partial charge >= 0.3 is 0 Å². The van der Waals surface area contributed by atoms with Gasteiger partial charge in [0.25, 0.3) is 0 Å². The molecule has 4 rings (SSSR count). The number of hydrogen-bond acceptors (Lipinski definition) is 4. The minimum atomic E-state index is 0.180. The molecule has 4 heterocycles. The number of H-pyrrole nitrogens is 1. The van der Waals surface area contributed by atoms with Crippen LogP contribution in [-0.2, 0) is 4.79 Å². The monoisotopic (exact) mass is 243 g/mol. The Kier molecular flexibility index (Phi) is 1.89. The van der Waals surface area contributed by atoms with Gasteiger partial charge in [0.15, 0.2) is 0 Å². The first-order valence-corrected chi connectivity index (χ1v) is 6.13. The van der Waals surface area contributed by atoms with E-state index in [0.717, 1.165) is 29.9 Å². The molecule has 92 valence electrons. The SMILES string of the molecule is O=C1C[C@H]2CN(c3ncnc4[nH]ccc34)C[C@H]2N1. The number of carbonyl (C=O) groups is 1. The summed E-state index contributed by atoms with van der Waals surface area (Å²) in [5, 5.41) is 4.07. The Morgan fingerprint density at radius 3 is 3.17 bits per heavy atom. The average molecular weight is 243 g/mol. The van der Waals surface area contributed by atoms with E-state index in [4.69, 9.17) is 0 Å². The summed E-state index contributed by atoms with van der Waals surface area (Å²) in [5.74, 6) is 1.56. The molecule has 2 saturated heterocycles. The molecule has 6 heteroatoms. The second kappa shape index (κ2) is 3.44. The van der Waals surface area contributed by atoms with E-state index in [9.17, 15) is 4.79 Å². The lowest BCUT2D eigenvalue weighted by Crippen LogP contribution is -2.32. The van der Waals surface area contributed by atoms with Gasteiger partial charge in [-0.15, -0.1) is 0 Å². The van der Waals surface area contributed by atoms with Gasteiger partial charge in [-0.2, -0.15) is 0 Å². The molecule has 2 atom stereocenters. The second-order valence-electron chi connectivity index (χ2n) is 4.98. The van der Waals surface area contributed by atoms with Crippen LogP contribution in [0, 0.1) is 5.92 Å². The van der Waals surface area contributed by atoms with Crippen molar-refractivity contribution in [2.24, 2.45) is 5.92 Å². The van der Waals surface area contributed by atoms with Crippen molar-refractivity contribution in [2.75, 3.05) is 18.0 Å². The van der Waals surface area contributed by atoms with Crippen molar-refractivity contribution in [1.82, 2.24) is 20.3 Å². The number of aromatic amines is 1. The maximum atomic E-state index is 11.3. The van der Waals surface area contributed by atoms with E-state index in [2.05, 4.69) is 25.2 Å². The molecular formula is C12H13N5O. The Hall–Kier alpha value is -2.11. The van der Waals surface area contributed by atoms with Crippen LogP contribution in [-0.4, -0.2) is 40.0 Å². The van der Waals surface area contributed by atoms with Crippen molar-refractivity contribution in [3.8, 4) is 0 Å². The molecule has 0 unspecified atom stereocenters. The quantitative estimate of drug-likeness (QED) is 0.754. The third kappa shape index (κ3) is 1.32. The van der Waals surface area contributed by atoms with Crippen LogP contribution in [0.4, 0.5) is 5.82 Å². The minimum Gasteiger partial charge on any atom is -0.354 e. The highest BCUT2D eigenvalue weighted by Gasteiger charge is 2.40. The van der Waals surface area contributed by atoms with E-state index in [1.54, 1.807) is 6.33 Å². The maximum absolute atomic E-state index is 11.3. The number of aromatic nitrogens is 3. The normalized spacial score (nSPS) is 26.7. The summed E-state index contributed by atoms with van der Waals surface area (Å²) in [4.78, 5) is 25.2. The topological polar surface area (TPSA) is 73.9 Å². The van der Waals surface area contributed by atoms with Crippen molar-refractivity contribution in [3.05, 3.63) is 18.6 Å². The largest absolute Gasteiger partial charge is 0.354 e. The van der Waals surface area contributed by atoms with Crippen molar-refractivity contribution >= 4 is 22.8 Å². The molecule has 2 fully saturated rings. The van der Waals surface area contributed by atoms with E-state index in [-0.39, 0.29) is 11.9 Å². The van der Waals surface area contributed by atoms with Gasteiger partial charge in [-0.1, -0.05) is 0 Å². The first-order chi connectivity index (χ1) is 8.81. The first-order valence-electron chi connectivity index (χ1n) is 6.13. The number of anilines is 1. The minimum absolute atomic E-state index is 0.180. The van der Waals surface area contributed by atoms with Gasteiger partial charge in [-0.05, 0) is 6.07 Å². The van der Waals surface area contributed by atoms with E-state index in [0.29, 0.717) is 12.3 Å². The van der Waals surface area contributed by atoms with Crippen molar-refractivity contribution in [3.63, 3.8) is 0 Å². The summed E-state index contributed by atoms with van der Waals surface area (Å²) >= 11 is 0. The average Bonchev–Trinajstić information content (AvgIpc) is 3.00. The molecule has 2 aliphatic heterocycles. The lowest BCUT2D eigenvalue weighted by Gasteiger charge is -2.18. The number of fused-ring (bicyclic) bond motifs is 2. The van der Waals surface area contributed by atoms with Crippen LogP contribution >= 0.6 is 0 Å². The molecule has 1 amide bonds. The van der Waals surface area contributed by atoms with Crippen molar-refractivity contribution in [2.45, 2.75) is 12.5 Å². The zero-order chi connectivity index (χ0) is 12.1. The number of hydrogen-bond donors (Lipinski definition) is 2. The van der Waals surface area contributed by atoms with Crippen molar-refractivity contribution in [1.29, 1.82) is 0 Å². The third-order valence-corrected chi connectivity index (χ3v) is 3.87. The molecule has 0 radical (unpaired) electrons. The highest BCUT2D eigenvalue weighted by atomic mass is 16.2. The molecule has 0 bridgehead atoms. The summed E-state index contributed by atoms with van der Waals surface area (Å²) < 4.78 is 0. The van der Waals surface area contributed by atoms with Gasteiger partial charge < -0.3 is 15.2 Å². The molecule has 2 aromatic rings. The molecule has 18 heavy (non-hydrogen) atoms. The highest BCUT2D eigenvalue weighted by Crippen LogP contribution is 2.31. The Balaban J connectivity index is 1.69. The highest BCUT2D eigenvalue weighted by molar-refractivity contribution is 5.88. The van der Waals surface area contributed by atoms with Crippen LogP contribution < -0.4 is 10.2 Å². The van der Waals surface area contributed by atoms with Gasteiger partial charge in [-0.3, -0.25) is 4.79 Å². The Morgan fingerprint density at radius 2 is 2.28 bits per heavy atom. The standard InChI is InChI=1S/C12H13N5O/c18-10-3-7-4-17(5-9(7)16-10)12-8-1-2-13-11(8)14-6-15-12/h1-2,6-7,9H,3-5H2,(H,16,18)(H,13,14,15)/t7-,9+/m0/s1. The van der Waals surface area contributed by atoms with Crippen LogP contribution in [0.5, 0.6) is 0 Å². The zero-order valence-electron chi connectivity index (χ0n) is 9.76. The summed E-state index contributed by atoms with van der Waals surface area (Å²) in [6.07, 6.45) is 4.10. The number of nitrogens with one attached hydrogen (secondary N) is 2. The second-order valence-corrected chi connectivity index (χ2v) is 4.98. The third-order valence-electron chi connectivity index (χ3n) is 3.87. The van der Waals surface area contributed by atoms with E-state index in [1.165, 1.54) is 0 Å². The Morgan fingerprint density at radius 1 is 1.33 bits per heavy atom. The summed E-state index contributed by atoms with van der Waals surface area (Å²) in [6, 6.07) is 2.28. The van der Waals surface area contributed by atoms with E-state index < -0.39 is 0 Å². The van der Waals surface area contributed by atoms with Gasteiger partial charge in [-0.25, -0.2) is 9.97 Å². The van der Waals surface area contributed by atoms with Crippen molar-refractivity contribution < 1.29 is 4.79 Å². The van der Waals surface area contributed by atoms with E-state index in [1.807, 2.05) is 12.3 Å². The number of rotatable bonds is 1. The fraction of sp³-hybridized carbons (Fsp3) is 0.417. The predicted octanol–water partition coefficient (Wildman–Crippen LogP) is 0.283. The molecule has 0 spiro atoms. The maximum Gasteiger partial charge on any atom is 0.220 e. The lowest BCUT2D eigenvalue weighted by molar-refractivity contribution is -0.119. The fourth-order valence-corrected chi connectivity index (χ4v) is 3.03. The van der Waals surface area contributed by atoms with Gasteiger partial charge in [0.1, 0.15) is 17.8 Å². The molecule has 2 N–H and O–H groups in total. The first kappa shape index (κ1) is 9.87. The van der Waals surface area contributed by atoms with Crippen LogP contribution in [0.2, 0.25) is 0 Å². The van der Waals surface area contributed by atoms with Gasteiger partial charge in [0, 0.05) is 31.6 Å². The number of amides is 1.